The zero-order valence-electron chi connectivity index (χ0n) is 52.9. The molecule has 2 atom stereocenters. The second-order valence-corrected chi connectivity index (χ2v) is 24.6. The van der Waals surface area contributed by atoms with Crippen LogP contribution in [0.15, 0.2) is 24.3 Å². The van der Waals surface area contributed by atoms with Gasteiger partial charge in [-0.3, -0.25) is 9.59 Å². The van der Waals surface area contributed by atoms with Gasteiger partial charge >= 0.3 is 5.97 Å². The van der Waals surface area contributed by atoms with Gasteiger partial charge in [0, 0.05) is 12.8 Å². The third-order valence-electron chi connectivity index (χ3n) is 16.7. The SMILES string of the molecule is CCCCCCC/C=C\CCCCCCCC(=O)OCCCCCCCCCCCCCC/C=C\CCCCCCCCCCC(=O)NC(CO)C(O)CCCCCCCCCCCCCCCCCCCCCCCCC. The van der Waals surface area contributed by atoms with Crippen molar-refractivity contribution in [1.29, 1.82) is 0 Å². The second kappa shape index (κ2) is 67.8. The van der Waals surface area contributed by atoms with E-state index in [0.29, 0.717) is 25.9 Å². The smallest absolute Gasteiger partial charge is 0.305 e. The number of aliphatic hydroxyl groups excluding tert-OH is 2. The fourth-order valence-corrected chi connectivity index (χ4v) is 11.3. The average Bonchev–Trinajstić information content (AvgIpc) is 3.44. The Labute approximate surface area is 488 Å². The number of allylic oxidation sites excluding steroid dienone is 4. The maximum Gasteiger partial charge on any atom is 0.305 e. The minimum atomic E-state index is -0.668. The lowest BCUT2D eigenvalue weighted by Gasteiger charge is -2.22. The van der Waals surface area contributed by atoms with Crippen LogP contribution < -0.4 is 5.32 Å². The lowest BCUT2D eigenvalue weighted by molar-refractivity contribution is -0.143. The highest BCUT2D eigenvalue weighted by Gasteiger charge is 2.20. The summed E-state index contributed by atoms with van der Waals surface area (Å²) in [4.78, 5) is 24.6. The van der Waals surface area contributed by atoms with Crippen LogP contribution in [0.5, 0.6) is 0 Å². The van der Waals surface area contributed by atoms with Crippen LogP contribution in [-0.4, -0.2) is 47.4 Å². The molecule has 3 N–H and O–H groups in total. The number of amides is 1. The Morgan fingerprint density at radius 3 is 0.910 bits per heavy atom. The summed E-state index contributed by atoms with van der Waals surface area (Å²) in [5.41, 5.74) is 0. The highest BCUT2D eigenvalue weighted by Crippen LogP contribution is 2.19. The number of carbonyl (C=O) groups excluding carboxylic acids is 2. The summed E-state index contributed by atoms with van der Waals surface area (Å²) in [6.45, 7) is 4.98. The number of rotatable bonds is 67. The third kappa shape index (κ3) is 63.5. The van der Waals surface area contributed by atoms with Gasteiger partial charge in [0.25, 0.3) is 0 Å². The molecule has 0 saturated carbocycles. The summed E-state index contributed by atoms with van der Waals surface area (Å²) in [6.07, 6.45) is 85.1. The molecule has 0 heterocycles. The molecule has 6 nitrogen and oxygen atoms in total. The van der Waals surface area contributed by atoms with E-state index in [1.165, 1.54) is 321 Å². The molecule has 0 aliphatic heterocycles. The van der Waals surface area contributed by atoms with E-state index in [-0.39, 0.29) is 18.5 Å². The molecular weight excluding hydrogens is 959 g/mol. The van der Waals surface area contributed by atoms with E-state index in [1.54, 1.807) is 0 Å². The van der Waals surface area contributed by atoms with Crippen molar-refractivity contribution < 1.29 is 24.5 Å². The Morgan fingerprint density at radius 2 is 0.603 bits per heavy atom. The number of aliphatic hydroxyl groups is 2. The van der Waals surface area contributed by atoms with Crippen molar-refractivity contribution >= 4 is 11.9 Å². The van der Waals surface area contributed by atoms with Crippen molar-refractivity contribution in [2.24, 2.45) is 0 Å². The first-order chi connectivity index (χ1) is 38.5. The van der Waals surface area contributed by atoms with Gasteiger partial charge in [0.2, 0.25) is 5.91 Å². The van der Waals surface area contributed by atoms with Crippen LogP contribution in [0, 0.1) is 0 Å². The molecular formula is C72H139NO5. The molecule has 6 heteroatoms. The van der Waals surface area contributed by atoms with E-state index in [2.05, 4.69) is 43.5 Å². The van der Waals surface area contributed by atoms with E-state index in [1.807, 2.05) is 0 Å². The van der Waals surface area contributed by atoms with Gasteiger partial charge in [-0.25, -0.2) is 0 Å². The maximum atomic E-state index is 12.6. The Morgan fingerprint density at radius 1 is 0.346 bits per heavy atom. The highest BCUT2D eigenvalue weighted by molar-refractivity contribution is 5.76. The first kappa shape index (κ1) is 76.3. The Bertz CT molecular complexity index is 1220. The number of esters is 1. The molecule has 0 saturated heterocycles. The number of carbonyl (C=O) groups is 2. The summed E-state index contributed by atoms with van der Waals surface area (Å²) in [5.74, 6) is -0.0301. The number of hydrogen-bond donors (Lipinski definition) is 3. The van der Waals surface area contributed by atoms with Gasteiger partial charge in [-0.05, 0) is 77.0 Å². The highest BCUT2D eigenvalue weighted by atomic mass is 16.5. The minimum absolute atomic E-state index is 0.00487. The molecule has 78 heavy (non-hydrogen) atoms. The third-order valence-corrected chi connectivity index (χ3v) is 16.7. The largest absolute Gasteiger partial charge is 0.466 e. The number of unbranched alkanes of at least 4 members (excludes halogenated alkanes) is 52. The lowest BCUT2D eigenvalue weighted by Crippen LogP contribution is -2.45. The molecule has 462 valence electrons. The van der Waals surface area contributed by atoms with Crippen LogP contribution in [-0.2, 0) is 14.3 Å². The van der Waals surface area contributed by atoms with Crippen LogP contribution in [0.1, 0.15) is 399 Å². The predicted molar refractivity (Wildman–Crippen MR) is 343 cm³/mol. The Balaban J connectivity index is 3.40. The van der Waals surface area contributed by atoms with Crippen molar-refractivity contribution in [3.8, 4) is 0 Å². The van der Waals surface area contributed by atoms with Crippen molar-refractivity contribution in [2.75, 3.05) is 13.2 Å². The van der Waals surface area contributed by atoms with Gasteiger partial charge in [0.1, 0.15) is 0 Å². The summed E-state index contributed by atoms with van der Waals surface area (Å²) >= 11 is 0. The molecule has 1 amide bonds. The quantitative estimate of drug-likeness (QED) is 0.0320. The van der Waals surface area contributed by atoms with Crippen LogP contribution >= 0.6 is 0 Å². The van der Waals surface area contributed by atoms with Crippen molar-refractivity contribution in [3.05, 3.63) is 24.3 Å². The van der Waals surface area contributed by atoms with Gasteiger partial charge in [0.05, 0.1) is 25.4 Å². The Kier molecular flexibility index (Phi) is 66.4. The van der Waals surface area contributed by atoms with Gasteiger partial charge in [-0.15, -0.1) is 0 Å². The van der Waals surface area contributed by atoms with E-state index >= 15 is 0 Å². The minimum Gasteiger partial charge on any atom is -0.466 e. The molecule has 0 aliphatic rings. The molecule has 0 bridgehead atoms. The molecule has 0 aromatic rings. The van der Waals surface area contributed by atoms with Crippen molar-refractivity contribution in [1.82, 2.24) is 5.32 Å². The summed E-state index contributed by atoms with van der Waals surface area (Å²) in [7, 11) is 0. The van der Waals surface area contributed by atoms with E-state index < -0.39 is 12.1 Å². The summed E-state index contributed by atoms with van der Waals surface area (Å²) < 4.78 is 5.48. The molecule has 0 radical (unpaired) electrons. The van der Waals surface area contributed by atoms with Crippen LogP contribution in [0.25, 0.3) is 0 Å². The topological polar surface area (TPSA) is 95.9 Å². The van der Waals surface area contributed by atoms with E-state index in [0.717, 1.165) is 44.9 Å². The fraction of sp³-hybridized carbons (Fsp3) is 0.917. The molecule has 0 fully saturated rings. The lowest BCUT2D eigenvalue weighted by atomic mass is 10.0. The Hall–Kier alpha value is -1.66. The van der Waals surface area contributed by atoms with Gasteiger partial charge in [-0.1, -0.05) is 334 Å². The van der Waals surface area contributed by atoms with Gasteiger partial charge < -0.3 is 20.3 Å². The molecule has 2 unspecified atom stereocenters. The number of nitrogens with one attached hydrogen (secondary N) is 1. The number of ether oxygens (including phenoxy) is 1. The molecule has 0 rings (SSSR count). The zero-order chi connectivity index (χ0) is 56.4. The van der Waals surface area contributed by atoms with Crippen LogP contribution in [0.2, 0.25) is 0 Å². The molecule has 0 spiro atoms. The van der Waals surface area contributed by atoms with Gasteiger partial charge in [0.15, 0.2) is 0 Å². The van der Waals surface area contributed by atoms with Gasteiger partial charge in [-0.2, -0.15) is 0 Å². The van der Waals surface area contributed by atoms with Crippen LogP contribution in [0.4, 0.5) is 0 Å². The monoisotopic (exact) mass is 1100 g/mol. The predicted octanol–water partition coefficient (Wildman–Crippen LogP) is 22.9. The standard InChI is InChI=1S/C72H139NO5/c1-3-5-7-9-11-13-15-17-19-20-21-22-25-28-31-34-37-40-44-48-52-56-60-64-70(75)69(68-74)73-71(76)65-61-57-53-49-45-41-38-35-32-29-26-23-24-27-30-33-36-39-43-47-51-55-59-63-67-78-72(77)66-62-58-54-50-46-42-18-16-14-12-10-8-6-4-2/h16,18,26,29,69-70,74-75H,3-15,17,19-25,27-28,30-68H2,1-2H3,(H,73,76)/b18-16-,29-26-. The van der Waals surface area contributed by atoms with Crippen molar-refractivity contribution in [2.45, 2.75) is 411 Å². The molecule has 0 aromatic carbocycles. The first-order valence-electron chi connectivity index (χ1n) is 35.6. The normalized spacial score (nSPS) is 12.6. The second-order valence-electron chi connectivity index (χ2n) is 24.6. The maximum absolute atomic E-state index is 12.6. The van der Waals surface area contributed by atoms with E-state index in [4.69, 9.17) is 4.74 Å². The zero-order valence-corrected chi connectivity index (χ0v) is 52.9. The summed E-state index contributed by atoms with van der Waals surface area (Å²) in [5, 5.41) is 23.4. The van der Waals surface area contributed by atoms with Crippen LogP contribution in [0.3, 0.4) is 0 Å². The van der Waals surface area contributed by atoms with E-state index in [9.17, 15) is 19.8 Å². The fourth-order valence-electron chi connectivity index (χ4n) is 11.3. The molecule has 0 aliphatic carbocycles. The average molecular weight is 1100 g/mol. The first-order valence-corrected chi connectivity index (χ1v) is 35.6. The molecule has 0 aromatic heterocycles. The van der Waals surface area contributed by atoms with Crippen molar-refractivity contribution in [3.63, 3.8) is 0 Å². The summed E-state index contributed by atoms with van der Waals surface area (Å²) in [6, 6.07) is -0.546. The number of hydrogen-bond acceptors (Lipinski definition) is 5.